The molecular formula is C29H33FN6O2. The largest absolute Gasteiger partial charge is 0.497 e. The topological polar surface area (TPSA) is 77.3 Å². The summed E-state index contributed by atoms with van der Waals surface area (Å²) in [6, 6.07) is 16.8. The lowest BCUT2D eigenvalue weighted by molar-refractivity contribution is 0.134. The third-order valence-electron chi connectivity index (χ3n) is 6.94. The number of halogens is 1. The molecule has 0 saturated carbocycles. The Hall–Kier alpha value is -3.82. The molecule has 2 aromatic carbocycles. The summed E-state index contributed by atoms with van der Waals surface area (Å²) in [5.41, 5.74) is 4.61. The fourth-order valence-corrected chi connectivity index (χ4v) is 5.05. The normalized spacial score (nSPS) is 14.6. The van der Waals surface area contributed by atoms with Crippen LogP contribution in [0, 0.1) is 5.82 Å². The molecule has 8 nitrogen and oxygen atoms in total. The maximum absolute atomic E-state index is 13.7. The zero-order valence-electron chi connectivity index (χ0n) is 22.0. The summed E-state index contributed by atoms with van der Waals surface area (Å²) >= 11 is 0. The van der Waals surface area contributed by atoms with Gasteiger partial charge in [0.1, 0.15) is 17.4 Å². The van der Waals surface area contributed by atoms with Crippen molar-refractivity contribution in [3.05, 3.63) is 78.0 Å². The molecule has 1 atom stereocenters. The van der Waals surface area contributed by atoms with Crippen LogP contribution >= 0.6 is 0 Å². The summed E-state index contributed by atoms with van der Waals surface area (Å²) in [7, 11) is 5.21. The highest BCUT2D eigenvalue weighted by atomic mass is 19.1. The highest BCUT2D eigenvalue weighted by Gasteiger charge is 2.32. The molecule has 1 N–H and O–H groups in total. The van der Waals surface area contributed by atoms with Crippen molar-refractivity contribution in [2.45, 2.75) is 25.4 Å². The van der Waals surface area contributed by atoms with E-state index in [-0.39, 0.29) is 11.9 Å². The molecule has 0 aliphatic carbocycles. The lowest BCUT2D eigenvalue weighted by Crippen LogP contribution is -2.32. The molecule has 38 heavy (non-hydrogen) atoms. The number of fused-ring (bicyclic) bond motifs is 1. The summed E-state index contributed by atoms with van der Waals surface area (Å²) in [6.45, 7) is 3.08. The Morgan fingerprint density at radius 2 is 1.84 bits per heavy atom. The van der Waals surface area contributed by atoms with E-state index in [9.17, 15) is 4.39 Å². The number of imidazole rings is 1. The van der Waals surface area contributed by atoms with E-state index < -0.39 is 0 Å². The second kappa shape index (κ2) is 11.7. The molecule has 0 spiro atoms. The number of hydrogen-bond acceptors (Lipinski definition) is 7. The van der Waals surface area contributed by atoms with Gasteiger partial charge in [-0.3, -0.25) is 4.90 Å². The number of aryl methyl sites for hydroxylation is 1. The lowest BCUT2D eigenvalue weighted by atomic mass is 10.1. The summed E-state index contributed by atoms with van der Waals surface area (Å²) in [4.78, 5) is 16.5. The summed E-state index contributed by atoms with van der Waals surface area (Å²) < 4.78 is 26.8. The number of hydrogen-bond donors (Lipinski definition) is 1. The molecule has 4 aromatic rings. The number of benzene rings is 2. The number of nitrogens with zero attached hydrogens (tertiary/aromatic N) is 5. The van der Waals surface area contributed by atoms with Crippen LogP contribution in [-0.4, -0.2) is 65.4 Å². The zero-order chi connectivity index (χ0) is 26.5. The molecule has 1 unspecified atom stereocenters. The van der Waals surface area contributed by atoms with Gasteiger partial charge < -0.3 is 19.4 Å². The summed E-state index contributed by atoms with van der Waals surface area (Å²) in [5.74, 6) is 2.13. The SMILES string of the molecule is CNc1nccc(-c2c(-c3ccc(F)cc3)nc3n2C(CN(CCOC)Cc2ccc(OC)cc2)CC3)n1. The number of aromatic nitrogens is 4. The van der Waals surface area contributed by atoms with Gasteiger partial charge in [-0.2, -0.15) is 0 Å². The van der Waals surface area contributed by atoms with Gasteiger partial charge >= 0.3 is 0 Å². The third kappa shape index (κ3) is 5.54. The average Bonchev–Trinajstić information content (AvgIpc) is 3.52. The van der Waals surface area contributed by atoms with E-state index >= 15 is 0 Å². The second-order valence-corrected chi connectivity index (χ2v) is 9.39. The van der Waals surface area contributed by atoms with Crippen LogP contribution in [0.25, 0.3) is 22.6 Å². The van der Waals surface area contributed by atoms with Gasteiger partial charge in [0.2, 0.25) is 5.95 Å². The first-order valence-electron chi connectivity index (χ1n) is 12.8. The first kappa shape index (κ1) is 25.8. The van der Waals surface area contributed by atoms with Crippen molar-refractivity contribution in [3.63, 3.8) is 0 Å². The van der Waals surface area contributed by atoms with Gasteiger partial charge in [-0.05, 0) is 54.4 Å². The predicted molar refractivity (Wildman–Crippen MR) is 146 cm³/mol. The van der Waals surface area contributed by atoms with E-state index in [4.69, 9.17) is 19.4 Å². The Morgan fingerprint density at radius 3 is 2.55 bits per heavy atom. The van der Waals surface area contributed by atoms with Crippen molar-refractivity contribution in [1.82, 2.24) is 24.4 Å². The average molecular weight is 517 g/mol. The molecule has 1 aliphatic rings. The summed E-state index contributed by atoms with van der Waals surface area (Å²) in [6.07, 6.45) is 3.60. The van der Waals surface area contributed by atoms with Crippen LogP contribution in [0.3, 0.4) is 0 Å². The van der Waals surface area contributed by atoms with Crippen LogP contribution < -0.4 is 10.1 Å². The van der Waals surface area contributed by atoms with Crippen molar-refractivity contribution >= 4 is 5.95 Å². The number of rotatable bonds is 11. The molecule has 3 heterocycles. The van der Waals surface area contributed by atoms with Crippen LogP contribution in [0.5, 0.6) is 5.75 Å². The Balaban J connectivity index is 1.51. The molecule has 1 aliphatic heterocycles. The smallest absolute Gasteiger partial charge is 0.222 e. The molecule has 2 aromatic heterocycles. The van der Waals surface area contributed by atoms with Gasteiger partial charge in [0.05, 0.1) is 30.8 Å². The molecule has 198 valence electrons. The van der Waals surface area contributed by atoms with Crippen LogP contribution in [0.1, 0.15) is 23.9 Å². The van der Waals surface area contributed by atoms with E-state index in [1.807, 2.05) is 18.2 Å². The standard InChI is InChI=1S/C29H33FN6O2/c1-31-29-32-15-14-25(33-29)28-27(21-6-8-22(30)9-7-21)34-26-13-10-23(36(26)28)19-35(16-17-37-2)18-20-4-11-24(38-3)12-5-20/h4-9,11-12,14-15,23H,10,13,16-19H2,1-3H3,(H,31,32,33). The zero-order valence-corrected chi connectivity index (χ0v) is 22.0. The lowest BCUT2D eigenvalue weighted by Gasteiger charge is -2.27. The van der Waals surface area contributed by atoms with Crippen LogP contribution in [-0.2, 0) is 17.7 Å². The number of methoxy groups -OCH3 is 2. The first-order valence-corrected chi connectivity index (χ1v) is 12.8. The van der Waals surface area contributed by atoms with Crippen molar-refractivity contribution in [3.8, 4) is 28.4 Å². The van der Waals surface area contributed by atoms with Crippen LogP contribution in [0.2, 0.25) is 0 Å². The van der Waals surface area contributed by atoms with Crippen molar-refractivity contribution in [1.29, 1.82) is 0 Å². The number of anilines is 1. The van der Waals surface area contributed by atoms with Gasteiger partial charge in [-0.1, -0.05) is 12.1 Å². The van der Waals surface area contributed by atoms with E-state index in [2.05, 4.69) is 31.9 Å². The quantitative estimate of drug-likeness (QED) is 0.306. The minimum Gasteiger partial charge on any atom is -0.497 e. The Bertz CT molecular complexity index is 1360. The minimum atomic E-state index is -0.272. The highest BCUT2D eigenvalue weighted by molar-refractivity contribution is 5.78. The predicted octanol–water partition coefficient (Wildman–Crippen LogP) is 4.83. The van der Waals surface area contributed by atoms with E-state index in [1.54, 1.807) is 39.6 Å². The number of ether oxygens (including phenoxy) is 2. The molecule has 0 radical (unpaired) electrons. The highest BCUT2D eigenvalue weighted by Crippen LogP contribution is 2.39. The Labute approximate surface area is 222 Å². The fourth-order valence-electron chi connectivity index (χ4n) is 5.05. The minimum absolute atomic E-state index is 0.199. The first-order chi connectivity index (χ1) is 18.6. The van der Waals surface area contributed by atoms with Crippen molar-refractivity contribution < 1.29 is 13.9 Å². The number of nitrogens with one attached hydrogen (secondary N) is 1. The maximum atomic E-state index is 13.7. The van der Waals surface area contributed by atoms with Crippen LogP contribution in [0.4, 0.5) is 10.3 Å². The molecule has 5 rings (SSSR count). The summed E-state index contributed by atoms with van der Waals surface area (Å²) in [5, 5.41) is 3.03. The van der Waals surface area contributed by atoms with E-state index in [0.717, 1.165) is 66.7 Å². The van der Waals surface area contributed by atoms with Gasteiger partial charge in [0.25, 0.3) is 0 Å². The van der Waals surface area contributed by atoms with Gasteiger partial charge in [0.15, 0.2) is 0 Å². The van der Waals surface area contributed by atoms with Gasteiger partial charge in [-0.15, -0.1) is 0 Å². The molecule has 0 amide bonds. The Morgan fingerprint density at radius 1 is 1.05 bits per heavy atom. The molecule has 0 bridgehead atoms. The van der Waals surface area contributed by atoms with Gasteiger partial charge in [0, 0.05) is 58.0 Å². The molecular weight excluding hydrogens is 483 g/mol. The molecule has 9 heteroatoms. The van der Waals surface area contributed by atoms with E-state index in [0.29, 0.717) is 12.6 Å². The van der Waals surface area contributed by atoms with E-state index in [1.165, 1.54) is 17.7 Å². The maximum Gasteiger partial charge on any atom is 0.222 e. The van der Waals surface area contributed by atoms with Gasteiger partial charge in [-0.25, -0.2) is 19.3 Å². The fraction of sp³-hybridized carbons (Fsp3) is 0.345. The third-order valence-corrected chi connectivity index (χ3v) is 6.94. The molecule has 0 fully saturated rings. The monoisotopic (exact) mass is 516 g/mol. The molecule has 0 saturated heterocycles. The van der Waals surface area contributed by atoms with Crippen molar-refractivity contribution in [2.75, 3.05) is 46.3 Å². The van der Waals surface area contributed by atoms with Crippen molar-refractivity contribution in [2.24, 2.45) is 0 Å². The Kier molecular flexibility index (Phi) is 7.95. The second-order valence-electron chi connectivity index (χ2n) is 9.39. The van der Waals surface area contributed by atoms with Crippen LogP contribution in [0.15, 0.2) is 60.8 Å².